The summed E-state index contributed by atoms with van der Waals surface area (Å²) in [6.07, 6.45) is 0.948. The number of carbonyl (C=O) groups is 1. The van der Waals surface area contributed by atoms with E-state index in [1.165, 1.54) is 7.11 Å². The van der Waals surface area contributed by atoms with Crippen molar-refractivity contribution in [2.75, 3.05) is 32.7 Å². The summed E-state index contributed by atoms with van der Waals surface area (Å²) in [6.45, 7) is 3.34. The van der Waals surface area contributed by atoms with Crippen LogP contribution in [0.5, 0.6) is 5.75 Å². The molecule has 1 aromatic carbocycles. The second-order valence-electron chi connectivity index (χ2n) is 3.71. The lowest BCUT2D eigenvalue weighted by Gasteiger charge is -2.08. The maximum Gasteiger partial charge on any atom is 0.338 e. The summed E-state index contributed by atoms with van der Waals surface area (Å²) in [5.41, 5.74) is 6.56. The zero-order valence-corrected chi connectivity index (χ0v) is 10.8. The lowest BCUT2D eigenvalue weighted by Crippen LogP contribution is -2.11. The third kappa shape index (κ3) is 4.25. The van der Waals surface area contributed by atoms with Gasteiger partial charge in [0.15, 0.2) is 0 Å². The number of anilines is 1. The molecule has 1 rings (SSSR count). The highest BCUT2D eigenvalue weighted by Gasteiger charge is 2.09. The van der Waals surface area contributed by atoms with Gasteiger partial charge in [0.1, 0.15) is 12.4 Å². The van der Waals surface area contributed by atoms with E-state index in [4.69, 9.17) is 19.9 Å². The summed E-state index contributed by atoms with van der Waals surface area (Å²) in [5.74, 6) is 0.0556. The molecule has 0 amide bonds. The van der Waals surface area contributed by atoms with Crippen molar-refractivity contribution in [3.05, 3.63) is 23.8 Å². The molecule has 0 aliphatic rings. The molecule has 0 fully saturated rings. The van der Waals surface area contributed by atoms with Gasteiger partial charge < -0.3 is 19.9 Å². The first-order valence-electron chi connectivity index (χ1n) is 5.87. The number of nitrogen functional groups attached to an aromatic ring is 1. The molecule has 0 saturated heterocycles. The van der Waals surface area contributed by atoms with Crippen LogP contribution in [0.3, 0.4) is 0 Å². The van der Waals surface area contributed by atoms with Gasteiger partial charge in [0.05, 0.1) is 25.0 Å². The van der Waals surface area contributed by atoms with Gasteiger partial charge in [-0.1, -0.05) is 6.92 Å². The van der Waals surface area contributed by atoms with Gasteiger partial charge in [-0.3, -0.25) is 0 Å². The lowest BCUT2D eigenvalue weighted by atomic mass is 10.2. The van der Waals surface area contributed by atoms with Crippen molar-refractivity contribution in [3.63, 3.8) is 0 Å². The van der Waals surface area contributed by atoms with Crippen molar-refractivity contribution < 1.29 is 19.0 Å². The molecule has 5 nitrogen and oxygen atoms in total. The first kappa shape index (κ1) is 14.3. The molecule has 1 aromatic rings. The predicted molar refractivity (Wildman–Crippen MR) is 68.8 cm³/mol. The van der Waals surface area contributed by atoms with Crippen LogP contribution in [0.1, 0.15) is 23.7 Å². The molecule has 0 saturated carbocycles. The van der Waals surface area contributed by atoms with Gasteiger partial charge in [-0.2, -0.15) is 0 Å². The van der Waals surface area contributed by atoms with Crippen molar-refractivity contribution in [1.82, 2.24) is 0 Å². The Morgan fingerprint density at radius 1 is 1.28 bits per heavy atom. The van der Waals surface area contributed by atoms with E-state index in [1.807, 2.05) is 6.92 Å². The molecular weight excluding hydrogens is 234 g/mol. The van der Waals surface area contributed by atoms with Crippen LogP contribution in [0.2, 0.25) is 0 Å². The van der Waals surface area contributed by atoms with E-state index in [0.29, 0.717) is 30.2 Å². The van der Waals surface area contributed by atoms with Gasteiger partial charge in [-0.25, -0.2) is 4.79 Å². The van der Waals surface area contributed by atoms with Gasteiger partial charge in [0.2, 0.25) is 0 Å². The largest absolute Gasteiger partial charge is 0.495 e. The molecule has 0 aliphatic heterocycles. The quantitative estimate of drug-likeness (QED) is 0.456. The number of ether oxygens (including phenoxy) is 3. The number of benzene rings is 1. The van der Waals surface area contributed by atoms with E-state index < -0.39 is 5.97 Å². The van der Waals surface area contributed by atoms with E-state index >= 15 is 0 Å². The fourth-order valence-corrected chi connectivity index (χ4v) is 1.36. The molecule has 0 aliphatic carbocycles. The summed E-state index contributed by atoms with van der Waals surface area (Å²) < 4.78 is 15.3. The van der Waals surface area contributed by atoms with Gasteiger partial charge >= 0.3 is 5.97 Å². The fourth-order valence-electron chi connectivity index (χ4n) is 1.36. The lowest BCUT2D eigenvalue weighted by molar-refractivity contribution is 0.0318. The van der Waals surface area contributed by atoms with E-state index in [-0.39, 0.29) is 6.61 Å². The third-order valence-corrected chi connectivity index (χ3v) is 2.28. The number of nitrogens with two attached hydrogens (primary N) is 1. The van der Waals surface area contributed by atoms with Crippen molar-refractivity contribution >= 4 is 11.7 Å². The van der Waals surface area contributed by atoms with Crippen LogP contribution in [-0.4, -0.2) is 32.9 Å². The van der Waals surface area contributed by atoms with Crippen LogP contribution in [0.15, 0.2) is 18.2 Å². The molecule has 5 heteroatoms. The summed E-state index contributed by atoms with van der Waals surface area (Å²) in [7, 11) is 1.50. The average Bonchev–Trinajstić information content (AvgIpc) is 2.38. The van der Waals surface area contributed by atoms with Crippen molar-refractivity contribution in [2.45, 2.75) is 13.3 Å². The van der Waals surface area contributed by atoms with Gasteiger partial charge in [0, 0.05) is 6.61 Å². The molecule has 0 radical (unpaired) electrons. The third-order valence-electron chi connectivity index (χ3n) is 2.28. The predicted octanol–water partition coefficient (Wildman–Crippen LogP) is 1.86. The first-order chi connectivity index (χ1) is 8.69. The average molecular weight is 253 g/mol. The summed E-state index contributed by atoms with van der Waals surface area (Å²) in [6, 6.07) is 4.78. The van der Waals surface area contributed by atoms with Gasteiger partial charge in [-0.05, 0) is 24.6 Å². The van der Waals surface area contributed by atoms with Crippen molar-refractivity contribution in [3.8, 4) is 5.75 Å². The van der Waals surface area contributed by atoms with Crippen LogP contribution in [0.4, 0.5) is 5.69 Å². The highest BCUT2D eigenvalue weighted by molar-refractivity contribution is 5.90. The Kier molecular flexibility index (Phi) is 6.00. The minimum absolute atomic E-state index is 0.242. The monoisotopic (exact) mass is 253 g/mol. The van der Waals surface area contributed by atoms with Crippen LogP contribution >= 0.6 is 0 Å². The number of methoxy groups -OCH3 is 1. The Hall–Kier alpha value is -1.75. The molecule has 0 spiro atoms. The molecule has 18 heavy (non-hydrogen) atoms. The topological polar surface area (TPSA) is 70.8 Å². The second kappa shape index (κ2) is 7.55. The Balaban J connectivity index is 2.46. The van der Waals surface area contributed by atoms with Crippen LogP contribution < -0.4 is 10.5 Å². The molecule has 2 N–H and O–H groups in total. The number of hydrogen-bond donors (Lipinski definition) is 1. The van der Waals surface area contributed by atoms with Gasteiger partial charge in [0.25, 0.3) is 0 Å². The zero-order valence-electron chi connectivity index (χ0n) is 10.8. The number of carbonyl (C=O) groups excluding carboxylic acids is 1. The second-order valence-corrected chi connectivity index (χ2v) is 3.71. The summed E-state index contributed by atoms with van der Waals surface area (Å²) in [4.78, 5) is 11.7. The molecular formula is C13H19NO4. The molecule has 0 heterocycles. The summed E-state index contributed by atoms with van der Waals surface area (Å²) in [5, 5.41) is 0. The van der Waals surface area contributed by atoms with Crippen LogP contribution in [0.25, 0.3) is 0 Å². The molecule has 0 bridgehead atoms. The maximum absolute atomic E-state index is 11.7. The highest BCUT2D eigenvalue weighted by atomic mass is 16.6. The van der Waals surface area contributed by atoms with Crippen LogP contribution in [0, 0.1) is 0 Å². The maximum atomic E-state index is 11.7. The number of hydrogen-bond acceptors (Lipinski definition) is 5. The Morgan fingerprint density at radius 3 is 2.72 bits per heavy atom. The highest BCUT2D eigenvalue weighted by Crippen LogP contribution is 2.22. The first-order valence-corrected chi connectivity index (χ1v) is 5.87. The fraction of sp³-hybridized carbons (Fsp3) is 0.462. The van der Waals surface area contributed by atoms with E-state index in [1.54, 1.807) is 18.2 Å². The van der Waals surface area contributed by atoms with E-state index in [9.17, 15) is 4.79 Å². The molecule has 100 valence electrons. The Labute approximate surface area is 107 Å². The minimum atomic E-state index is -0.409. The minimum Gasteiger partial charge on any atom is -0.495 e. The van der Waals surface area contributed by atoms with Gasteiger partial charge in [-0.15, -0.1) is 0 Å². The molecule has 0 aromatic heterocycles. The van der Waals surface area contributed by atoms with Crippen molar-refractivity contribution in [1.29, 1.82) is 0 Å². The smallest absolute Gasteiger partial charge is 0.338 e. The van der Waals surface area contributed by atoms with E-state index in [0.717, 1.165) is 6.42 Å². The summed E-state index contributed by atoms with van der Waals surface area (Å²) >= 11 is 0. The number of rotatable bonds is 7. The van der Waals surface area contributed by atoms with E-state index in [2.05, 4.69) is 0 Å². The SMILES string of the molecule is CCCOCCOC(=O)c1ccc(N)c(OC)c1. The standard InChI is InChI=1S/C13H19NO4/c1-3-6-17-7-8-18-13(15)10-4-5-11(14)12(9-10)16-2/h4-5,9H,3,6-8,14H2,1-2H3. The zero-order chi connectivity index (χ0) is 13.4. The molecule has 0 atom stereocenters. The van der Waals surface area contributed by atoms with Crippen molar-refractivity contribution in [2.24, 2.45) is 0 Å². The number of esters is 1. The normalized spacial score (nSPS) is 10.1. The molecule has 0 unspecified atom stereocenters. The Morgan fingerprint density at radius 2 is 2.06 bits per heavy atom. The Bertz CT molecular complexity index is 393. The van der Waals surface area contributed by atoms with Crippen LogP contribution in [-0.2, 0) is 9.47 Å².